The van der Waals surface area contributed by atoms with Gasteiger partial charge in [-0.25, -0.2) is 0 Å². The number of hydrogen-bond donors (Lipinski definition) is 1. The van der Waals surface area contributed by atoms with Crippen molar-refractivity contribution in [2.75, 3.05) is 11.9 Å². The van der Waals surface area contributed by atoms with E-state index < -0.39 is 0 Å². The molecule has 0 saturated heterocycles. The van der Waals surface area contributed by atoms with Crippen molar-refractivity contribution in [1.29, 1.82) is 5.26 Å². The van der Waals surface area contributed by atoms with Crippen LogP contribution in [0.1, 0.15) is 35.5 Å². The third-order valence-corrected chi connectivity index (χ3v) is 3.41. The zero-order valence-electron chi connectivity index (χ0n) is 13.8. The Kier molecular flexibility index (Phi) is 5.02. The number of anilines is 1. The lowest BCUT2D eigenvalue weighted by atomic mass is 10.1. The highest BCUT2D eigenvalue weighted by molar-refractivity contribution is 6.05. The fourth-order valence-electron chi connectivity index (χ4n) is 2.00. The number of rotatable bonds is 5. The molecule has 0 radical (unpaired) electrons. The monoisotopic (exact) mass is 312 g/mol. The van der Waals surface area contributed by atoms with Gasteiger partial charge in [-0.3, -0.25) is 9.48 Å². The molecule has 0 saturated carbocycles. The van der Waals surface area contributed by atoms with Gasteiger partial charge in [0.1, 0.15) is 11.8 Å². The second-order valence-electron chi connectivity index (χ2n) is 5.75. The Bertz CT molecular complexity index is 756. The van der Waals surface area contributed by atoms with Crippen LogP contribution in [0.5, 0.6) is 5.75 Å². The van der Waals surface area contributed by atoms with Crippen molar-refractivity contribution in [2.45, 2.75) is 20.8 Å². The van der Waals surface area contributed by atoms with Crippen LogP contribution >= 0.6 is 0 Å². The second-order valence-corrected chi connectivity index (χ2v) is 5.75. The predicted octanol–water partition coefficient (Wildman–Crippen LogP) is 2.89. The van der Waals surface area contributed by atoms with Gasteiger partial charge < -0.3 is 10.1 Å². The largest absolute Gasteiger partial charge is 0.492 e. The molecule has 2 rings (SSSR count). The lowest BCUT2D eigenvalue weighted by molar-refractivity contribution is 0.102. The molecule has 0 aliphatic rings. The average molecular weight is 312 g/mol. The molecule has 1 N–H and O–H groups in total. The van der Waals surface area contributed by atoms with Crippen molar-refractivity contribution in [1.82, 2.24) is 9.78 Å². The summed E-state index contributed by atoms with van der Waals surface area (Å²) in [5.41, 5.74) is 2.23. The number of amides is 1. The van der Waals surface area contributed by atoms with Crippen molar-refractivity contribution in [3.05, 3.63) is 41.2 Å². The van der Waals surface area contributed by atoms with Crippen LogP contribution in [0.2, 0.25) is 0 Å². The topological polar surface area (TPSA) is 79.9 Å². The summed E-state index contributed by atoms with van der Waals surface area (Å²) >= 11 is 0. The Labute approximate surface area is 135 Å². The van der Waals surface area contributed by atoms with Gasteiger partial charge in [-0.15, -0.1) is 0 Å². The van der Waals surface area contributed by atoms with Gasteiger partial charge in [0.25, 0.3) is 5.91 Å². The van der Waals surface area contributed by atoms with Crippen LogP contribution in [0.3, 0.4) is 0 Å². The molecule has 2 aromatic rings. The van der Waals surface area contributed by atoms with Gasteiger partial charge in [0.2, 0.25) is 0 Å². The van der Waals surface area contributed by atoms with Crippen LogP contribution in [0.15, 0.2) is 24.4 Å². The Morgan fingerprint density at radius 1 is 1.48 bits per heavy atom. The standard InChI is InChI=1S/C17H20N4O2/c1-11(2)10-23-16-6-5-14(7-13(16)8-18)20-17(22)15-9-19-21(4)12(15)3/h5-7,9,11H,10H2,1-4H3,(H,20,22). The lowest BCUT2D eigenvalue weighted by Crippen LogP contribution is -2.13. The number of carbonyl (C=O) groups is 1. The molecule has 6 nitrogen and oxygen atoms in total. The minimum atomic E-state index is -0.254. The molecule has 23 heavy (non-hydrogen) atoms. The molecule has 0 aliphatic carbocycles. The van der Waals surface area contributed by atoms with Gasteiger partial charge in [0.15, 0.2) is 0 Å². The summed E-state index contributed by atoms with van der Waals surface area (Å²) in [5, 5.41) is 16.1. The highest BCUT2D eigenvalue weighted by atomic mass is 16.5. The number of nitrogens with one attached hydrogen (secondary N) is 1. The maximum atomic E-state index is 12.3. The fourth-order valence-corrected chi connectivity index (χ4v) is 2.00. The van der Waals surface area contributed by atoms with E-state index in [9.17, 15) is 10.1 Å². The van der Waals surface area contributed by atoms with E-state index in [1.165, 1.54) is 6.20 Å². The molecular weight excluding hydrogens is 292 g/mol. The zero-order chi connectivity index (χ0) is 17.0. The molecule has 0 atom stereocenters. The van der Waals surface area contributed by atoms with Gasteiger partial charge >= 0.3 is 0 Å². The van der Waals surface area contributed by atoms with Crippen molar-refractivity contribution in [3.63, 3.8) is 0 Å². The highest BCUT2D eigenvalue weighted by Crippen LogP contribution is 2.23. The van der Waals surface area contributed by atoms with Crippen LogP contribution in [0.25, 0.3) is 0 Å². The van der Waals surface area contributed by atoms with E-state index >= 15 is 0 Å². The van der Waals surface area contributed by atoms with E-state index in [-0.39, 0.29) is 5.91 Å². The van der Waals surface area contributed by atoms with E-state index in [2.05, 4.69) is 16.5 Å². The number of hydrogen-bond acceptors (Lipinski definition) is 4. The smallest absolute Gasteiger partial charge is 0.259 e. The zero-order valence-corrected chi connectivity index (χ0v) is 13.8. The first-order chi connectivity index (χ1) is 10.9. The molecule has 0 unspecified atom stereocenters. The first-order valence-corrected chi connectivity index (χ1v) is 7.39. The van der Waals surface area contributed by atoms with Gasteiger partial charge in [0, 0.05) is 18.4 Å². The predicted molar refractivity (Wildman–Crippen MR) is 87.4 cm³/mol. The number of carbonyl (C=O) groups excluding carboxylic acids is 1. The molecule has 0 aliphatic heterocycles. The third-order valence-electron chi connectivity index (χ3n) is 3.41. The molecule has 0 bridgehead atoms. The van der Waals surface area contributed by atoms with Gasteiger partial charge in [-0.1, -0.05) is 13.8 Å². The van der Waals surface area contributed by atoms with Crippen LogP contribution in [0, 0.1) is 24.2 Å². The summed E-state index contributed by atoms with van der Waals surface area (Å²) in [7, 11) is 1.78. The number of benzene rings is 1. The van der Waals surface area contributed by atoms with Crippen LogP contribution < -0.4 is 10.1 Å². The van der Waals surface area contributed by atoms with Crippen molar-refractivity contribution < 1.29 is 9.53 Å². The summed E-state index contributed by atoms with van der Waals surface area (Å²) in [5.74, 6) is 0.640. The van der Waals surface area contributed by atoms with Crippen molar-refractivity contribution in [3.8, 4) is 11.8 Å². The first-order valence-electron chi connectivity index (χ1n) is 7.39. The Hall–Kier alpha value is -2.81. The molecule has 120 valence electrons. The van der Waals surface area contributed by atoms with E-state index in [4.69, 9.17) is 4.74 Å². The third kappa shape index (κ3) is 3.89. The Morgan fingerprint density at radius 2 is 2.22 bits per heavy atom. The van der Waals surface area contributed by atoms with Gasteiger partial charge in [-0.05, 0) is 31.0 Å². The van der Waals surface area contributed by atoms with Crippen LogP contribution in [0.4, 0.5) is 5.69 Å². The van der Waals surface area contributed by atoms with E-state index in [1.54, 1.807) is 29.9 Å². The molecule has 0 fully saturated rings. The normalized spacial score (nSPS) is 10.4. The number of ether oxygens (including phenoxy) is 1. The van der Waals surface area contributed by atoms with E-state index in [1.807, 2.05) is 20.8 Å². The fraction of sp³-hybridized carbons (Fsp3) is 0.353. The summed E-state index contributed by atoms with van der Waals surface area (Å²) in [6, 6.07) is 7.13. The van der Waals surface area contributed by atoms with Gasteiger partial charge in [-0.2, -0.15) is 10.4 Å². The SMILES string of the molecule is Cc1c(C(=O)Nc2ccc(OCC(C)C)c(C#N)c2)cnn1C. The van der Waals surface area contributed by atoms with Crippen molar-refractivity contribution in [2.24, 2.45) is 13.0 Å². The molecule has 0 spiro atoms. The second kappa shape index (κ2) is 6.97. The summed E-state index contributed by atoms with van der Waals surface area (Å²) in [6.07, 6.45) is 1.52. The van der Waals surface area contributed by atoms with E-state index in [0.29, 0.717) is 35.1 Å². The molecule has 1 heterocycles. The van der Waals surface area contributed by atoms with Crippen LogP contribution in [-0.4, -0.2) is 22.3 Å². The maximum Gasteiger partial charge on any atom is 0.259 e. The highest BCUT2D eigenvalue weighted by Gasteiger charge is 2.14. The van der Waals surface area contributed by atoms with Gasteiger partial charge in [0.05, 0.1) is 23.9 Å². The summed E-state index contributed by atoms with van der Waals surface area (Å²) < 4.78 is 7.25. The number of aromatic nitrogens is 2. The Morgan fingerprint density at radius 3 is 2.78 bits per heavy atom. The maximum absolute atomic E-state index is 12.3. The van der Waals surface area contributed by atoms with Crippen molar-refractivity contribution >= 4 is 11.6 Å². The number of nitriles is 1. The number of nitrogens with zero attached hydrogens (tertiary/aromatic N) is 3. The average Bonchev–Trinajstić information content (AvgIpc) is 2.85. The molecule has 1 amide bonds. The van der Waals surface area contributed by atoms with Crippen LogP contribution in [-0.2, 0) is 7.05 Å². The molecule has 1 aromatic carbocycles. The molecular formula is C17H20N4O2. The molecule has 1 aromatic heterocycles. The minimum Gasteiger partial charge on any atom is -0.492 e. The summed E-state index contributed by atoms with van der Waals surface area (Å²) in [6.45, 7) is 6.44. The summed E-state index contributed by atoms with van der Waals surface area (Å²) in [4.78, 5) is 12.3. The molecule has 6 heteroatoms. The first kappa shape index (κ1) is 16.6. The number of aryl methyl sites for hydroxylation is 1. The van der Waals surface area contributed by atoms with E-state index in [0.717, 1.165) is 5.69 Å². The lowest BCUT2D eigenvalue weighted by Gasteiger charge is -2.11. The quantitative estimate of drug-likeness (QED) is 0.920. The Balaban J connectivity index is 2.16. The minimum absolute atomic E-state index is 0.254.